The fraction of sp³-hybridized carbons (Fsp3) is 0.500. The Hall–Kier alpha value is 0.132. The summed E-state index contributed by atoms with van der Waals surface area (Å²) in [6, 6.07) is 0. The van der Waals surface area contributed by atoms with E-state index in [0.29, 0.717) is 6.41 Å². The van der Waals surface area contributed by atoms with Crippen molar-refractivity contribution in [2.24, 2.45) is 0 Å². The van der Waals surface area contributed by atoms with Crippen molar-refractivity contribution < 1.29 is 25.2 Å². The molecule has 0 rings (SSSR count). The van der Waals surface area contributed by atoms with Crippen LogP contribution >= 0.6 is 0 Å². The van der Waals surface area contributed by atoms with E-state index in [1.54, 1.807) is 7.05 Å². The van der Waals surface area contributed by atoms with Crippen molar-refractivity contribution in [3.05, 3.63) is 0 Å². The van der Waals surface area contributed by atoms with Gasteiger partial charge in [0.25, 0.3) is 0 Å². The Labute approximate surface area is 44.6 Å². The molecule has 0 aromatic carbocycles. The summed E-state index contributed by atoms with van der Waals surface area (Å²) in [5, 5.41) is 2.25. The van der Waals surface area contributed by atoms with Gasteiger partial charge in [-0.15, -0.1) is 0 Å². The van der Waals surface area contributed by atoms with Crippen LogP contribution in [0.1, 0.15) is 0 Å². The van der Waals surface area contributed by atoms with Crippen molar-refractivity contribution in [3.8, 4) is 0 Å². The van der Waals surface area contributed by atoms with Crippen LogP contribution in [0.4, 0.5) is 0 Å². The Kier molecular flexibility index (Phi) is 15.9. The van der Waals surface area contributed by atoms with Crippen LogP contribution in [0.25, 0.3) is 0 Å². The van der Waals surface area contributed by atoms with Crippen molar-refractivity contribution in [1.29, 1.82) is 0 Å². The van der Waals surface area contributed by atoms with Crippen LogP contribution in [-0.4, -0.2) is 13.5 Å². The third-order valence-electron chi connectivity index (χ3n) is 0.118. The van der Waals surface area contributed by atoms with Gasteiger partial charge in [-0.2, -0.15) is 0 Å². The molecule has 2 nitrogen and oxygen atoms in total. The summed E-state index contributed by atoms with van der Waals surface area (Å²) in [4.78, 5) is 9.06. The Morgan fingerprint density at radius 2 is 2.00 bits per heavy atom. The number of hydrogen-bond acceptors (Lipinski definition) is 1. The molecule has 0 radical (unpaired) electrons. The molecule has 34 valence electrons. The molecule has 1 N–H and O–H groups in total. The quantitative estimate of drug-likeness (QED) is 0.406. The van der Waals surface area contributed by atoms with Gasteiger partial charge in [0.15, 0.2) is 0 Å². The summed E-state index contributed by atoms with van der Waals surface area (Å²) < 4.78 is 0. The number of rotatable bonds is 1. The second kappa shape index (κ2) is 8.92. The molecular weight excluding hydrogens is 160 g/mol. The molecule has 0 saturated carbocycles. The van der Waals surface area contributed by atoms with E-state index in [9.17, 15) is 0 Å². The second-order valence-corrected chi connectivity index (χ2v) is 0.407. The van der Waals surface area contributed by atoms with E-state index in [4.69, 9.17) is 4.79 Å². The van der Waals surface area contributed by atoms with Crippen LogP contribution < -0.4 is 5.32 Å². The molecule has 0 heterocycles. The Morgan fingerprint density at radius 1 is 1.80 bits per heavy atom. The van der Waals surface area contributed by atoms with Crippen LogP contribution in [0.2, 0.25) is 0 Å². The molecule has 0 aromatic heterocycles. The van der Waals surface area contributed by atoms with Crippen molar-refractivity contribution in [2.45, 2.75) is 0 Å². The van der Waals surface area contributed by atoms with Crippen LogP contribution in [0.15, 0.2) is 0 Å². The van der Waals surface area contributed by atoms with Gasteiger partial charge in [0.2, 0.25) is 6.41 Å². The first-order valence-electron chi connectivity index (χ1n) is 1.02. The van der Waals surface area contributed by atoms with E-state index < -0.39 is 0 Å². The Bertz CT molecular complexity index is 23.6. The third kappa shape index (κ3) is 14.7. The zero-order valence-corrected chi connectivity index (χ0v) is 4.36. The minimum absolute atomic E-state index is 0. The van der Waals surface area contributed by atoms with Gasteiger partial charge in [-0.1, -0.05) is 0 Å². The Morgan fingerprint density at radius 3 is 2.00 bits per heavy atom. The van der Waals surface area contributed by atoms with E-state index in [0.717, 1.165) is 0 Å². The average molecular weight is 165 g/mol. The van der Waals surface area contributed by atoms with Crippen molar-refractivity contribution in [1.82, 2.24) is 5.32 Å². The van der Waals surface area contributed by atoms with E-state index in [1.165, 1.54) is 0 Å². The topological polar surface area (TPSA) is 29.1 Å². The average Bonchev–Trinajstić information content (AvgIpc) is 1.37. The smallest absolute Gasteiger partial charge is 0.206 e. The molecule has 3 heteroatoms. The molecule has 0 unspecified atom stereocenters. The first kappa shape index (κ1) is 8.93. The predicted octanol–water partition coefficient (Wildman–Crippen LogP) is -0.640. The number of carbonyl (C=O) groups excluding carboxylic acids is 1. The molecule has 0 aromatic rings. The van der Waals surface area contributed by atoms with Crippen molar-refractivity contribution in [3.63, 3.8) is 0 Å². The molecule has 0 atom stereocenters. The third-order valence-corrected chi connectivity index (χ3v) is 0.118. The first-order chi connectivity index (χ1) is 1.91. The van der Waals surface area contributed by atoms with E-state index in [2.05, 4.69) is 5.32 Å². The molecule has 1 amide bonds. The van der Waals surface area contributed by atoms with Gasteiger partial charge in [0, 0.05) is 27.5 Å². The molecule has 0 aliphatic heterocycles. The summed E-state index contributed by atoms with van der Waals surface area (Å²) in [7, 11) is 1.56. The number of amides is 1. The molecule has 5 heavy (non-hydrogen) atoms. The standard InChI is InChI=1S/C2H5NO.Pd/c1-3-2-4;/h2H,1H3,(H,3,4);. The fourth-order valence-corrected chi connectivity index (χ4v) is 0. The summed E-state index contributed by atoms with van der Waals surface area (Å²) in [6.45, 7) is 0. The van der Waals surface area contributed by atoms with Gasteiger partial charge in [-0.25, -0.2) is 0 Å². The molecule has 0 bridgehead atoms. The maximum Gasteiger partial charge on any atom is 0.206 e. The zero-order valence-electron chi connectivity index (χ0n) is 2.80. The van der Waals surface area contributed by atoms with Gasteiger partial charge in [-0.05, 0) is 0 Å². The molecule has 0 spiro atoms. The van der Waals surface area contributed by atoms with Crippen molar-refractivity contribution >= 4 is 6.41 Å². The van der Waals surface area contributed by atoms with Gasteiger partial charge in [-0.3, -0.25) is 4.79 Å². The number of nitrogens with one attached hydrogen (secondary N) is 1. The first-order valence-corrected chi connectivity index (χ1v) is 1.02. The van der Waals surface area contributed by atoms with Gasteiger partial charge in [0.05, 0.1) is 0 Å². The van der Waals surface area contributed by atoms with E-state index in [-0.39, 0.29) is 20.4 Å². The predicted molar refractivity (Wildman–Crippen MR) is 15.1 cm³/mol. The van der Waals surface area contributed by atoms with Gasteiger partial charge >= 0.3 is 0 Å². The summed E-state index contributed by atoms with van der Waals surface area (Å²) in [5.74, 6) is 0. The molecule has 0 saturated heterocycles. The molecular formula is C2H5NOPd. The second-order valence-electron chi connectivity index (χ2n) is 0.407. The summed E-state index contributed by atoms with van der Waals surface area (Å²) in [6.07, 6.45) is 0.625. The van der Waals surface area contributed by atoms with Crippen LogP contribution in [0, 0.1) is 0 Å². The minimum Gasteiger partial charge on any atom is -0.362 e. The van der Waals surface area contributed by atoms with Gasteiger partial charge in [0.1, 0.15) is 0 Å². The Balaban J connectivity index is 0. The summed E-state index contributed by atoms with van der Waals surface area (Å²) >= 11 is 0. The largest absolute Gasteiger partial charge is 0.362 e. The number of carbonyl (C=O) groups is 1. The molecule has 0 aliphatic rings. The monoisotopic (exact) mass is 165 g/mol. The van der Waals surface area contributed by atoms with E-state index in [1.807, 2.05) is 0 Å². The SMILES string of the molecule is CNC=O.[Pd]. The summed E-state index contributed by atoms with van der Waals surface area (Å²) in [5.41, 5.74) is 0. The van der Waals surface area contributed by atoms with Crippen LogP contribution in [0.3, 0.4) is 0 Å². The van der Waals surface area contributed by atoms with Gasteiger partial charge < -0.3 is 5.32 Å². The maximum absolute atomic E-state index is 9.06. The van der Waals surface area contributed by atoms with Crippen LogP contribution in [-0.2, 0) is 25.2 Å². The van der Waals surface area contributed by atoms with E-state index >= 15 is 0 Å². The minimum atomic E-state index is 0. The molecule has 0 fully saturated rings. The zero-order chi connectivity index (χ0) is 3.41. The molecule has 0 aliphatic carbocycles. The maximum atomic E-state index is 9.06. The van der Waals surface area contributed by atoms with Crippen molar-refractivity contribution in [2.75, 3.05) is 7.05 Å². The fourth-order valence-electron chi connectivity index (χ4n) is 0. The normalized spacial score (nSPS) is 4.20. The number of hydrogen-bond donors (Lipinski definition) is 1. The van der Waals surface area contributed by atoms with Crippen LogP contribution in [0.5, 0.6) is 0 Å².